The van der Waals surface area contributed by atoms with Crippen molar-refractivity contribution in [1.82, 2.24) is 10.1 Å². The Morgan fingerprint density at radius 1 is 0.929 bits per heavy atom. The number of rotatable bonds is 5. The van der Waals surface area contributed by atoms with Crippen LogP contribution in [0.4, 0.5) is 4.39 Å². The highest BCUT2D eigenvalue weighted by Gasteiger charge is 2.12. The first-order chi connectivity index (χ1) is 13.6. The summed E-state index contributed by atoms with van der Waals surface area (Å²) in [5.74, 6) is 0.945. The Bertz CT molecular complexity index is 1110. The van der Waals surface area contributed by atoms with Crippen molar-refractivity contribution in [2.75, 3.05) is 0 Å². The maximum absolute atomic E-state index is 13.1. The molecule has 1 aromatic heterocycles. The van der Waals surface area contributed by atoms with Crippen LogP contribution >= 0.6 is 23.2 Å². The second-order valence-corrected chi connectivity index (χ2v) is 6.76. The summed E-state index contributed by atoms with van der Waals surface area (Å²) >= 11 is 12.1. The van der Waals surface area contributed by atoms with Crippen molar-refractivity contribution >= 4 is 23.2 Å². The summed E-state index contributed by atoms with van der Waals surface area (Å²) in [6, 6.07) is 18.7. The molecule has 4 aromatic rings. The van der Waals surface area contributed by atoms with Crippen LogP contribution in [0.3, 0.4) is 0 Å². The Hall–Kier alpha value is -2.89. The van der Waals surface area contributed by atoms with Gasteiger partial charge < -0.3 is 9.26 Å². The van der Waals surface area contributed by atoms with E-state index < -0.39 is 0 Å². The second kappa shape index (κ2) is 8.00. The van der Waals surface area contributed by atoms with Crippen LogP contribution in [0.5, 0.6) is 5.75 Å². The van der Waals surface area contributed by atoms with Gasteiger partial charge in [0.05, 0.1) is 5.02 Å². The third-order valence-electron chi connectivity index (χ3n) is 4.01. The number of aromatic nitrogens is 2. The quantitative estimate of drug-likeness (QED) is 0.377. The van der Waals surface area contributed by atoms with E-state index in [4.69, 9.17) is 32.5 Å². The van der Waals surface area contributed by atoms with E-state index >= 15 is 0 Å². The van der Waals surface area contributed by atoms with Crippen LogP contribution in [0, 0.1) is 5.82 Å². The number of benzene rings is 3. The number of nitrogens with zero attached hydrogens (tertiary/aromatic N) is 2. The van der Waals surface area contributed by atoms with Gasteiger partial charge in [0, 0.05) is 11.1 Å². The highest BCUT2D eigenvalue weighted by molar-refractivity contribution is 6.42. The van der Waals surface area contributed by atoms with Gasteiger partial charge in [0.1, 0.15) is 23.2 Å². The number of halogens is 3. The molecule has 140 valence electrons. The van der Waals surface area contributed by atoms with Gasteiger partial charge >= 0.3 is 0 Å². The number of hydrogen-bond acceptors (Lipinski definition) is 4. The largest absolute Gasteiger partial charge is 0.487 e. The summed E-state index contributed by atoms with van der Waals surface area (Å²) in [6.45, 7) is 0.298. The van der Waals surface area contributed by atoms with Crippen molar-refractivity contribution in [3.05, 3.63) is 88.2 Å². The SMILES string of the molecule is Fc1ccc(-c2noc(-c3cccc(COc4cccc(Cl)c4Cl)c3)n2)cc1. The lowest BCUT2D eigenvalue weighted by atomic mass is 10.1. The van der Waals surface area contributed by atoms with E-state index in [0.717, 1.165) is 11.1 Å². The molecule has 0 unspecified atom stereocenters. The molecule has 28 heavy (non-hydrogen) atoms. The van der Waals surface area contributed by atoms with E-state index in [1.165, 1.54) is 12.1 Å². The molecule has 1 heterocycles. The topological polar surface area (TPSA) is 48.2 Å². The lowest BCUT2D eigenvalue weighted by Crippen LogP contribution is -1.96. The first kappa shape index (κ1) is 18.5. The van der Waals surface area contributed by atoms with Gasteiger partial charge in [0.25, 0.3) is 5.89 Å². The predicted octanol–water partition coefficient (Wildman–Crippen LogP) is 6.43. The van der Waals surface area contributed by atoms with Crippen LogP contribution in [-0.2, 0) is 6.61 Å². The van der Waals surface area contributed by atoms with E-state index in [1.807, 2.05) is 24.3 Å². The molecular formula is C21H13Cl2FN2O2. The zero-order valence-electron chi connectivity index (χ0n) is 14.4. The van der Waals surface area contributed by atoms with Crippen LogP contribution in [0.2, 0.25) is 10.0 Å². The number of hydrogen-bond donors (Lipinski definition) is 0. The van der Waals surface area contributed by atoms with Crippen molar-refractivity contribution < 1.29 is 13.7 Å². The Balaban J connectivity index is 1.52. The van der Waals surface area contributed by atoms with E-state index in [9.17, 15) is 4.39 Å². The van der Waals surface area contributed by atoms with Crippen LogP contribution < -0.4 is 4.74 Å². The minimum Gasteiger partial charge on any atom is -0.487 e. The molecule has 7 heteroatoms. The summed E-state index contributed by atoms with van der Waals surface area (Å²) in [7, 11) is 0. The molecule has 0 N–H and O–H groups in total. The fraction of sp³-hybridized carbons (Fsp3) is 0.0476. The van der Waals surface area contributed by atoms with Crippen LogP contribution in [0.25, 0.3) is 22.8 Å². The summed E-state index contributed by atoms with van der Waals surface area (Å²) < 4.78 is 24.2. The molecule has 0 saturated carbocycles. The third-order valence-corrected chi connectivity index (χ3v) is 4.81. The van der Waals surface area contributed by atoms with Gasteiger partial charge in [-0.25, -0.2) is 4.39 Å². The monoisotopic (exact) mass is 414 g/mol. The predicted molar refractivity (Wildman–Crippen MR) is 106 cm³/mol. The average molecular weight is 415 g/mol. The van der Waals surface area contributed by atoms with Crippen LogP contribution in [0.15, 0.2) is 71.3 Å². The lowest BCUT2D eigenvalue weighted by molar-refractivity contribution is 0.306. The average Bonchev–Trinajstić information content (AvgIpc) is 3.20. The lowest BCUT2D eigenvalue weighted by Gasteiger charge is -2.09. The molecule has 0 bridgehead atoms. The third kappa shape index (κ3) is 4.01. The highest BCUT2D eigenvalue weighted by atomic mass is 35.5. The van der Waals surface area contributed by atoms with Gasteiger partial charge in [-0.1, -0.05) is 46.6 Å². The van der Waals surface area contributed by atoms with Crippen molar-refractivity contribution in [3.63, 3.8) is 0 Å². The number of ether oxygens (including phenoxy) is 1. The van der Waals surface area contributed by atoms with E-state index in [1.54, 1.807) is 30.3 Å². The first-order valence-electron chi connectivity index (χ1n) is 8.36. The standard InChI is InChI=1S/C21H13Cl2FN2O2/c22-17-5-2-6-18(19(17)23)27-12-13-3-1-4-15(11-13)21-25-20(26-28-21)14-7-9-16(24)10-8-14/h1-11H,12H2. The van der Waals surface area contributed by atoms with Crippen LogP contribution in [0.1, 0.15) is 5.56 Å². The van der Waals surface area contributed by atoms with Gasteiger partial charge in [-0.05, 0) is 54.1 Å². The Labute approximate surface area is 170 Å². The summed E-state index contributed by atoms with van der Waals surface area (Å²) in [4.78, 5) is 4.39. The molecule has 4 rings (SSSR count). The van der Waals surface area contributed by atoms with Crippen molar-refractivity contribution in [2.45, 2.75) is 6.61 Å². The zero-order valence-corrected chi connectivity index (χ0v) is 15.9. The molecule has 0 aliphatic rings. The first-order valence-corrected chi connectivity index (χ1v) is 9.11. The Morgan fingerprint density at radius 3 is 2.54 bits per heavy atom. The molecule has 0 saturated heterocycles. The van der Waals surface area contributed by atoms with Gasteiger partial charge in [-0.15, -0.1) is 0 Å². The van der Waals surface area contributed by atoms with Crippen molar-refractivity contribution in [3.8, 4) is 28.6 Å². The fourth-order valence-electron chi connectivity index (χ4n) is 2.61. The molecule has 0 aliphatic carbocycles. The van der Waals surface area contributed by atoms with Gasteiger partial charge in [0.2, 0.25) is 5.82 Å². The maximum Gasteiger partial charge on any atom is 0.258 e. The van der Waals surface area contributed by atoms with Gasteiger partial charge in [0.15, 0.2) is 0 Å². The Kier molecular flexibility index (Phi) is 5.28. The molecule has 3 aromatic carbocycles. The maximum atomic E-state index is 13.1. The molecular weight excluding hydrogens is 402 g/mol. The zero-order chi connectivity index (χ0) is 19.5. The van der Waals surface area contributed by atoms with Gasteiger partial charge in [-0.3, -0.25) is 0 Å². The smallest absolute Gasteiger partial charge is 0.258 e. The molecule has 0 spiro atoms. The van der Waals surface area contributed by atoms with E-state index in [2.05, 4.69) is 10.1 Å². The van der Waals surface area contributed by atoms with Crippen LogP contribution in [-0.4, -0.2) is 10.1 Å². The molecule has 0 fully saturated rings. The summed E-state index contributed by atoms with van der Waals surface area (Å²) in [5.41, 5.74) is 2.32. The molecule has 4 nitrogen and oxygen atoms in total. The fourth-order valence-corrected chi connectivity index (χ4v) is 2.95. The second-order valence-electron chi connectivity index (χ2n) is 5.97. The normalized spacial score (nSPS) is 10.8. The summed E-state index contributed by atoms with van der Waals surface area (Å²) in [5, 5.41) is 4.78. The van der Waals surface area contributed by atoms with E-state index in [-0.39, 0.29) is 5.82 Å². The van der Waals surface area contributed by atoms with Crippen molar-refractivity contribution in [1.29, 1.82) is 0 Å². The molecule has 0 atom stereocenters. The van der Waals surface area contributed by atoms with E-state index in [0.29, 0.717) is 39.7 Å². The van der Waals surface area contributed by atoms with Crippen molar-refractivity contribution in [2.24, 2.45) is 0 Å². The minimum atomic E-state index is -0.319. The molecule has 0 aliphatic heterocycles. The molecule has 0 radical (unpaired) electrons. The highest BCUT2D eigenvalue weighted by Crippen LogP contribution is 2.32. The summed E-state index contributed by atoms with van der Waals surface area (Å²) in [6.07, 6.45) is 0. The minimum absolute atomic E-state index is 0.298. The molecule has 0 amide bonds. The Morgan fingerprint density at radius 2 is 1.71 bits per heavy atom. The van der Waals surface area contributed by atoms with Gasteiger partial charge in [-0.2, -0.15) is 4.98 Å².